The Labute approximate surface area is 108 Å². The SMILES string of the molecule is CCN(CC1CCCO1)c1cc(C)c(F)cc1N. The summed E-state index contributed by atoms with van der Waals surface area (Å²) in [6.45, 7) is 6.35. The molecular weight excluding hydrogens is 231 g/mol. The molecule has 1 aromatic carbocycles. The Kier molecular flexibility index (Phi) is 4.07. The third-order valence-corrected chi connectivity index (χ3v) is 3.48. The lowest BCUT2D eigenvalue weighted by atomic mass is 10.1. The highest BCUT2D eigenvalue weighted by molar-refractivity contribution is 5.68. The van der Waals surface area contributed by atoms with E-state index in [-0.39, 0.29) is 11.9 Å². The van der Waals surface area contributed by atoms with E-state index in [9.17, 15) is 4.39 Å². The van der Waals surface area contributed by atoms with Crippen LogP contribution in [0.1, 0.15) is 25.3 Å². The number of aryl methyl sites for hydroxylation is 1. The third kappa shape index (κ3) is 2.75. The van der Waals surface area contributed by atoms with Crippen molar-refractivity contribution in [3.8, 4) is 0 Å². The van der Waals surface area contributed by atoms with Crippen LogP contribution < -0.4 is 10.6 Å². The van der Waals surface area contributed by atoms with Gasteiger partial charge in [-0.2, -0.15) is 0 Å². The zero-order valence-corrected chi connectivity index (χ0v) is 11.1. The summed E-state index contributed by atoms with van der Waals surface area (Å²) in [5.74, 6) is -0.246. The molecule has 1 atom stereocenters. The third-order valence-electron chi connectivity index (χ3n) is 3.48. The zero-order chi connectivity index (χ0) is 13.1. The second-order valence-electron chi connectivity index (χ2n) is 4.83. The quantitative estimate of drug-likeness (QED) is 0.837. The highest BCUT2D eigenvalue weighted by Crippen LogP contribution is 2.27. The van der Waals surface area contributed by atoms with E-state index in [2.05, 4.69) is 11.8 Å². The maximum absolute atomic E-state index is 13.4. The molecule has 1 saturated heterocycles. The second kappa shape index (κ2) is 5.57. The zero-order valence-electron chi connectivity index (χ0n) is 11.1. The molecule has 0 aliphatic carbocycles. The summed E-state index contributed by atoms with van der Waals surface area (Å²) in [6, 6.07) is 3.23. The van der Waals surface area contributed by atoms with Crippen molar-refractivity contribution in [2.75, 3.05) is 30.3 Å². The molecule has 2 rings (SSSR count). The Hall–Kier alpha value is -1.29. The average Bonchev–Trinajstić information content (AvgIpc) is 2.84. The highest BCUT2D eigenvalue weighted by Gasteiger charge is 2.20. The Bertz CT molecular complexity index is 417. The second-order valence-corrected chi connectivity index (χ2v) is 4.83. The molecule has 0 aromatic heterocycles. The van der Waals surface area contributed by atoms with Gasteiger partial charge in [0.2, 0.25) is 0 Å². The number of nitrogens with two attached hydrogens (primary N) is 1. The highest BCUT2D eigenvalue weighted by atomic mass is 19.1. The van der Waals surface area contributed by atoms with Gasteiger partial charge >= 0.3 is 0 Å². The Morgan fingerprint density at radius 3 is 2.89 bits per heavy atom. The van der Waals surface area contributed by atoms with Gasteiger partial charge in [-0.3, -0.25) is 0 Å². The molecule has 2 N–H and O–H groups in total. The van der Waals surface area contributed by atoms with Crippen molar-refractivity contribution in [2.45, 2.75) is 32.8 Å². The molecule has 0 spiro atoms. The van der Waals surface area contributed by atoms with E-state index in [4.69, 9.17) is 10.5 Å². The molecular formula is C14H21FN2O. The van der Waals surface area contributed by atoms with Crippen LogP contribution in [0.2, 0.25) is 0 Å². The number of ether oxygens (including phenoxy) is 1. The van der Waals surface area contributed by atoms with Crippen LogP contribution in [0, 0.1) is 12.7 Å². The van der Waals surface area contributed by atoms with Crippen molar-refractivity contribution in [1.82, 2.24) is 0 Å². The molecule has 1 unspecified atom stereocenters. The summed E-state index contributed by atoms with van der Waals surface area (Å²) in [7, 11) is 0. The van der Waals surface area contributed by atoms with Crippen LogP contribution >= 0.6 is 0 Å². The lowest BCUT2D eigenvalue weighted by molar-refractivity contribution is 0.116. The van der Waals surface area contributed by atoms with Gasteiger partial charge in [-0.05, 0) is 44.4 Å². The first-order chi connectivity index (χ1) is 8.61. The van der Waals surface area contributed by atoms with Gasteiger partial charge in [-0.25, -0.2) is 4.39 Å². The first-order valence-corrected chi connectivity index (χ1v) is 6.54. The molecule has 1 aromatic rings. The van der Waals surface area contributed by atoms with Crippen molar-refractivity contribution in [1.29, 1.82) is 0 Å². The van der Waals surface area contributed by atoms with Crippen LogP contribution in [0.25, 0.3) is 0 Å². The van der Waals surface area contributed by atoms with E-state index in [1.807, 2.05) is 6.07 Å². The molecule has 0 bridgehead atoms. The fourth-order valence-electron chi connectivity index (χ4n) is 2.39. The first kappa shape index (κ1) is 13.1. The van der Waals surface area contributed by atoms with Gasteiger partial charge in [0.1, 0.15) is 5.82 Å². The minimum atomic E-state index is -0.246. The number of anilines is 2. The summed E-state index contributed by atoms with van der Waals surface area (Å²) in [6.07, 6.45) is 2.49. The Balaban J connectivity index is 2.18. The number of nitrogen functional groups attached to an aromatic ring is 1. The smallest absolute Gasteiger partial charge is 0.128 e. The standard InChI is InChI=1S/C14H21FN2O/c1-3-17(9-11-5-4-6-18-11)14-7-10(2)12(15)8-13(14)16/h7-8,11H,3-6,9,16H2,1-2H3. The maximum atomic E-state index is 13.4. The number of hydrogen-bond donors (Lipinski definition) is 1. The van der Waals surface area contributed by atoms with Crippen molar-refractivity contribution in [2.24, 2.45) is 0 Å². The van der Waals surface area contributed by atoms with Gasteiger partial charge in [0.05, 0.1) is 17.5 Å². The van der Waals surface area contributed by atoms with Gasteiger partial charge in [0.15, 0.2) is 0 Å². The minimum Gasteiger partial charge on any atom is -0.397 e. The molecule has 0 saturated carbocycles. The first-order valence-electron chi connectivity index (χ1n) is 6.54. The molecule has 3 nitrogen and oxygen atoms in total. The lowest BCUT2D eigenvalue weighted by Crippen LogP contribution is -2.32. The maximum Gasteiger partial charge on any atom is 0.128 e. The number of rotatable bonds is 4. The molecule has 1 heterocycles. The summed E-state index contributed by atoms with van der Waals surface area (Å²) in [4.78, 5) is 2.16. The largest absolute Gasteiger partial charge is 0.397 e. The molecule has 0 radical (unpaired) electrons. The van der Waals surface area contributed by atoms with Gasteiger partial charge in [0.25, 0.3) is 0 Å². The predicted molar refractivity (Wildman–Crippen MR) is 72.4 cm³/mol. The summed E-state index contributed by atoms with van der Waals surface area (Å²) in [5.41, 5.74) is 7.96. The molecule has 4 heteroatoms. The molecule has 1 aliphatic rings. The van der Waals surface area contributed by atoms with Crippen LogP contribution in [0.15, 0.2) is 12.1 Å². The monoisotopic (exact) mass is 252 g/mol. The summed E-state index contributed by atoms with van der Waals surface area (Å²) in [5, 5.41) is 0. The van der Waals surface area contributed by atoms with Crippen molar-refractivity contribution < 1.29 is 9.13 Å². The van der Waals surface area contributed by atoms with Gasteiger partial charge in [-0.1, -0.05) is 0 Å². The number of halogens is 1. The fraction of sp³-hybridized carbons (Fsp3) is 0.571. The van der Waals surface area contributed by atoms with Crippen LogP contribution in [0.4, 0.5) is 15.8 Å². The normalized spacial score (nSPS) is 19.2. The van der Waals surface area contributed by atoms with Crippen molar-refractivity contribution in [3.05, 3.63) is 23.5 Å². The van der Waals surface area contributed by atoms with E-state index in [1.54, 1.807) is 6.92 Å². The Morgan fingerprint density at radius 2 is 2.28 bits per heavy atom. The lowest BCUT2D eigenvalue weighted by Gasteiger charge is -2.27. The van der Waals surface area contributed by atoms with E-state index in [1.165, 1.54) is 6.07 Å². The topological polar surface area (TPSA) is 38.5 Å². The molecule has 0 amide bonds. The van der Waals surface area contributed by atoms with Gasteiger partial charge in [-0.15, -0.1) is 0 Å². The predicted octanol–water partition coefficient (Wildman–Crippen LogP) is 2.72. The summed E-state index contributed by atoms with van der Waals surface area (Å²) < 4.78 is 19.1. The van der Waals surface area contributed by atoms with Crippen LogP contribution in [0.3, 0.4) is 0 Å². The number of likely N-dealkylation sites (N-methyl/N-ethyl adjacent to an activating group) is 1. The van der Waals surface area contributed by atoms with E-state index in [0.29, 0.717) is 11.3 Å². The van der Waals surface area contributed by atoms with Crippen LogP contribution in [-0.4, -0.2) is 25.8 Å². The number of nitrogens with zero attached hydrogens (tertiary/aromatic N) is 1. The van der Waals surface area contributed by atoms with Gasteiger partial charge in [0, 0.05) is 19.7 Å². The van der Waals surface area contributed by atoms with E-state index >= 15 is 0 Å². The number of hydrogen-bond acceptors (Lipinski definition) is 3. The van der Waals surface area contributed by atoms with Gasteiger partial charge < -0.3 is 15.4 Å². The van der Waals surface area contributed by atoms with E-state index in [0.717, 1.165) is 38.2 Å². The van der Waals surface area contributed by atoms with Crippen molar-refractivity contribution >= 4 is 11.4 Å². The average molecular weight is 252 g/mol. The Morgan fingerprint density at radius 1 is 1.50 bits per heavy atom. The number of benzene rings is 1. The summed E-state index contributed by atoms with van der Waals surface area (Å²) >= 11 is 0. The van der Waals surface area contributed by atoms with Crippen LogP contribution in [0.5, 0.6) is 0 Å². The molecule has 1 aliphatic heterocycles. The minimum absolute atomic E-state index is 0.246. The molecule has 100 valence electrons. The fourth-order valence-corrected chi connectivity index (χ4v) is 2.39. The molecule has 18 heavy (non-hydrogen) atoms. The van der Waals surface area contributed by atoms with Crippen LogP contribution in [-0.2, 0) is 4.74 Å². The molecule has 1 fully saturated rings. The van der Waals surface area contributed by atoms with Crippen molar-refractivity contribution in [3.63, 3.8) is 0 Å². The van der Waals surface area contributed by atoms with E-state index < -0.39 is 0 Å².